The molecule has 10 nitrogen and oxygen atoms in total. The number of carbonyl (C=O) groups excluding carboxylic acids is 2. The first-order chi connectivity index (χ1) is 14.8. The monoisotopic (exact) mass is 429 g/mol. The van der Waals surface area contributed by atoms with Crippen molar-refractivity contribution >= 4 is 40.2 Å². The summed E-state index contributed by atoms with van der Waals surface area (Å²) in [5.74, 6) is -0.753. The summed E-state index contributed by atoms with van der Waals surface area (Å²) in [7, 11) is 4.90. The van der Waals surface area contributed by atoms with Crippen molar-refractivity contribution in [1.29, 1.82) is 0 Å². The number of methoxy groups -OCH3 is 1. The number of ether oxygens (including phenoxy) is 1. The Hall–Kier alpha value is -3.24. The van der Waals surface area contributed by atoms with Crippen molar-refractivity contribution in [3.05, 3.63) is 29.8 Å². The summed E-state index contributed by atoms with van der Waals surface area (Å²) in [6.07, 6.45) is 0. The van der Waals surface area contributed by atoms with Gasteiger partial charge in [-0.3, -0.25) is 14.5 Å². The van der Waals surface area contributed by atoms with E-state index in [1.807, 2.05) is 4.90 Å². The van der Waals surface area contributed by atoms with E-state index in [1.54, 1.807) is 43.3 Å². The van der Waals surface area contributed by atoms with Gasteiger partial charge in [-0.15, -0.1) is 0 Å². The van der Waals surface area contributed by atoms with E-state index in [0.29, 0.717) is 55.1 Å². The molecule has 3 rings (SSSR count). The maximum atomic E-state index is 11.9. The number of carbonyl (C=O) groups is 3. The lowest BCUT2D eigenvalue weighted by Crippen LogP contribution is -2.49. The van der Waals surface area contributed by atoms with E-state index in [2.05, 4.69) is 15.2 Å². The molecule has 1 aliphatic rings. The summed E-state index contributed by atoms with van der Waals surface area (Å²) in [6, 6.07) is 6.54. The van der Waals surface area contributed by atoms with Crippen LogP contribution in [0.2, 0.25) is 0 Å². The van der Waals surface area contributed by atoms with E-state index >= 15 is 0 Å². The van der Waals surface area contributed by atoms with Gasteiger partial charge in [0, 0.05) is 58.5 Å². The second kappa shape index (κ2) is 9.71. The lowest BCUT2D eigenvalue weighted by atomic mass is 10.1. The summed E-state index contributed by atoms with van der Waals surface area (Å²) in [5, 5.41) is 12.9. The van der Waals surface area contributed by atoms with Gasteiger partial charge in [0.1, 0.15) is 12.4 Å². The molecule has 0 bridgehead atoms. The van der Waals surface area contributed by atoms with Crippen molar-refractivity contribution in [2.75, 3.05) is 70.8 Å². The number of pyridine rings is 1. The second-order valence-corrected chi connectivity index (χ2v) is 7.60. The van der Waals surface area contributed by atoms with Crippen LogP contribution in [-0.4, -0.2) is 98.2 Å². The van der Waals surface area contributed by atoms with E-state index in [4.69, 9.17) is 4.74 Å². The molecule has 1 aromatic heterocycles. The van der Waals surface area contributed by atoms with E-state index in [1.165, 1.54) is 7.11 Å². The van der Waals surface area contributed by atoms with E-state index in [9.17, 15) is 19.5 Å². The number of anilines is 2. The number of rotatable bonds is 7. The van der Waals surface area contributed by atoms with Gasteiger partial charge in [0.05, 0.1) is 17.6 Å². The number of fused-ring (bicyclic) bond motifs is 1. The number of aromatic nitrogens is 1. The number of aromatic carboxylic acids is 1. The molecule has 0 aliphatic carbocycles. The van der Waals surface area contributed by atoms with Gasteiger partial charge in [0.25, 0.3) is 0 Å². The molecule has 0 unspecified atom stereocenters. The van der Waals surface area contributed by atoms with Gasteiger partial charge in [-0.2, -0.15) is 0 Å². The van der Waals surface area contributed by atoms with Crippen LogP contribution >= 0.6 is 0 Å². The van der Waals surface area contributed by atoms with Gasteiger partial charge in [0.2, 0.25) is 11.8 Å². The van der Waals surface area contributed by atoms with Crippen LogP contribution in [0.5, 0.6) is 0 Å². The Morgan fingerprint density at radius 2 is 1.87 bits per heavy atom. The SMILES string of the molecule is COCC(=O)Nc1ccc2nc(N3CCN(CC(=O)N(C)C)CC3)cc(C(=O)O)c2c1. The normalized spacial score (nSPS) is 14.5. The first-order valence-electron chi connectivity index (χ1n) is 9.93. The highest BCUT2D eigenvalue weighted by atomic mass is 16.5. The lowest BCUT2D eigenvalue weighted by molar-refractivity contribution is -0.130. The zero-order chi connectivity index (χ0) is 22.5. The average Bonchev–Trinajstić information content (AvgIpc) is 2.73. The van der Waals surface area contributed by atoms with Gasteiger partial charge in [0.15, 0.2) is 0 Å². The highest BCUT2D eigenvalue weighted by Gasteiger charge is 2.22. The zero-order valence-electron chi connectivity index (χ0n) is 17.9. The molecule has 2 N–H and O–H groups in total. The third kappa shape index (κ3) is 5.47. The Labute approximate surface area is 180 Å². The fraction of sp³-hybridized carbons (Fsp3) is 0.429. The van der Waals surface area contributed by atoms with Crippen LogP contribution in [-0.2, 0) is 14.3 Å². The Bertz CT molecular complexity index is 986. The van der Waals surface area contributed by atoms with Crippen LogP contribution in [0.4, 0.5) is 11.5 Å². The highest BCUT2D eigenvalue weighted by molar-refractivity contribution is 6.05. The Morgan fingerprint density at radius 1 is 1.16 bits per heavy atom. The first kappa shape index (κ1) is 22.4. The number of nitrogens with one attached hydrogen (secondary N) is 1. The maximum absolute atomic E-state index is 11.9. The van der Waals surface area contributed by atoms with E-state index in [0.717, 1.165) is 0 Å². The number of benzene rings is 1. The number of piperazine rings is 1. The largest absolute Gasteiger partial charge is 0.478 e. The number of carboxylic acid groups (broad SMARTS) is 1. The number of hydrogen-bond donors (Lipinski definition) is 2. The minimum absolute atomic E-state index is 0.0545. The topological polar surface area (TPSA) is 115 Å². The Kier molecular flexibility index (Phi) is 7.03. The van der Waals surface area contributed by atoms with Crippen molar-refractivity contribution in [2.45, 2.75) is 0 Å². The number of amides is 2. The van der Waals surface area contributed by atoms with Crippen molar-refractivity contribution in [3.63, 3.8) is 0 Å². The fourth-order valence-corrected chi connectivity index (χ4v) is 3.42. The molecule has 0 atom stereocenters. The summed E-state index contributed by atoms with van der Waals surface area (Å²) in [4.78, 5) is 45.9. The minimum Gasteiger partial charge on any atom is -0.478 e. The van der Waals surface area contributed by atoms with Gasteiger partial charge < -0.3 is 25.0 Å². The Morgan fingerprint density at radius 3 is 2.48 bits per heavy atom. The lowest BCUT2D eigenvalue weighted by Gasteiger charge is -2.35. The summed E-state index contributed by atoms with van der Waals surface area (Å²) >= 11 is 0. The molecule has 1 aromatic carbocycles. The van der Waals surface area contributed by atoms with E-state index < -0.39 is 5.97 Å². The second-order valence-electron chi connectivity index (χ2n) is 7.60. The molecule has 2 aromatic rings. The number of likely N-dealkylation sites (N-methyl/N-ethyl adjacent to an activating group) is 1. The van der Waals surface area contributed by atoms with Crippen molar-refractivity contribution in [3.8, 4) is 0 Å². The first-order valence-corrected chi connectivity index (χ1v) is 9.93. The minimum atomic E-state index is -1.07. The molecule has 10 heteroatoms. The number of nitrogens with zero attached hydrogens (tertiary/aromatic N) is 4. The molecule has 2 amide bonds. The molecule has 0 spiro atoms. The summed E-state index contributed by atoms with van der Waals surface area (Å²) < 4.78 is 4.80. The molecule has 1 aliphatic heterocycles. The highest BCUT2D eigenvalue weighted by Crippen LogP contribution is 2.26. The van der Waals surface area contributed by atoms with Crippen LogP contribution in [0, 0.1) is 0 Å². The maximum Gasteiger partial charge on any atom is 0.336 e. The summed E-state index contributed by atoms with van der Waals surface area (Å²) in [5.41, 5.74) is 1.13. The van der Waals surface area contributed by atoms with Crippen molar-refractivity contribution in [2.24, 2.45) is 0 Å². The van der Waals surface area contributed by atoms with E-state index in [-0.39, 0.29) is 24.0 Å². The van der Waals surface area contributed by atoms with Crippen molar-refractivity contribution < 1.29 is 24.2 Å². The van der Waals surface area contributed by atoms with Crippen molar-refractivity contribution in [1.82, 2.24) is 14.8 Å². The average molecular weight is 429 g/mol. The molecular formula is C21H27N5O5. The third-order valence-electron chi connectivity index (χ3n) is 5.14. The van der Waals surface area contributed by atoms with Crippen LogP contribution in [0.25, 0.3) is 10.9 Å². The van der Waals surface area contributed by atoms with Gasteiger partial charge in [-0.25, -0.2) is 9.78 Å². The third-order valence-corrected chi connectivity index (χ3v) is 5.14. The molecule has 2 heterocycles. The van der Waals surface area contributed by atoms with Gasteiger partial charge in [-0.1, -0.05) is 0 Å². The Balaban J connectivity index is 1.80. The van der Waals surface area contributed by atoms with Gasteiger partial charge in [-0.05, 0) is 24.3 Å². The van der Waals surface area contributed by atoms with Crippen LogP contribution in [0.15, 0.2) is 24.3 Å². The predicted octanol–water partition coefficient (Wildman–Crippen LogP) is 0.728. The summed E-state index contributed by atoms with van der Waals surface area (Å²) in [6.45, 7) is 2.93. The van der Waals surface area contributed by atoms with Crippen LogP contribution in [0.3, 0.4) is 0 Å². The standard InChI is InChI=1S/C21H27N5O5/c1-24(2)20(28)12-25-6-8-26(9-7-25)18-11-16(21(29)30)15-10-14(4-5-17(15)23-18)22-19(27)13-31-3/h4-5,10-11H,6-9,12-13H2,1-3H3,(H,22,27)(H,29,30). The zero-order valence-corrected chi connectivity index (χ0v) is 17.9. The predicted molar refractivity (Wildman–Crippen MR) is 117 cm³/mol. The number of carboxylic acids is 1. The smallest absolute Gasteiger partial charge is 0.336 e. The molecule has 166 valence electrons. The van der Waals surface area contributed by atoms with Gasteiger partial charge >= 0.3 is 5.97 Å². The molecule has 31 heavy (non-hydrogen) atoms. The molecule has 1 fully saturated rings. The molecular weight excluding hydrogens is 402 g/mol. The quantitative estimate of drug-likeness (QED) is 0.662. The van der Waals surface area contributed by atoms with Crippen LogP contribution in [0.1, 0.15) is 10.4 Å². The molecule has 0 radical (unpaired) electrons. The fourth-order valence-electron chi connectivity index (χ4n) is 3.42. The number of hydrogen-bond acceptors (Lipinski definition) is 7. The van der Waals surface area contributed by atoms with Crippen LogP contribution < -0.4 is 10.2 Å². The molecule has 0 saturated carbocycles. The molecule has 1 saturated heterocycles.